The molecule has 1 heterocycles. The van der Waals surface area contributed by atoms with Crippen LogP contribution in [-0.4, -0.2) is 19.8 Å². The fraction of sp³-hybridized carbons (Fsp3) is 0.286. The quantitative estimate of drug-likeness (QED) is 0.790. The van der Waals surface area contributed by atoms with Gasteiger partial charge >= 0.3 is 0 Å². The largest absolute Gasteiger partial charge is 0.464 e. The van der Waals surface area contributed by atoms with Crippen molar-refractivity contribution < 1.29 is 17.2 Å². The smallest absolute Gasteiger partial charge is 0.246 e. The van der Waals surface area contributed by atoms with Gasteiger partial charge in [0.2, 0.25) is 10.0 Å². The Labute approximate surface area is 128 Å². The lowest BCUT2D eigenvalue weighted by atomic mass is 10.2. The van der Waals surface area contributed by atoms with E-state index in [1.54, 1.807) is 25.1 Å². The van der Waals surface area contributed by atoms with Crippen molar-refractivity contribution in [2.75, 3.05) is 7.05 Å². The van der Waals surface area contributed by atoms with Gasteiger partial charge in [0.1, 0.15) is 22.2 Å². The summed E-state index contributed by atoms with van der Waals surface area (Å²) in [5, 5.41) is 0. The van der Waals surface area contributed by atoms with Gasteiger partial charge in [-0.15, -0.1) is 11.6 Å². The van der Waals surface area contributed by atoms with Gasteiger partial charge in [-0.25, -0.2) is 12.8 Å². The Bertz CT molecular complexity index is 742. The zero-order chi connectivity index (χ0) is 15.6. The van der Waals surface area contributed by atoms with E-state index in [2.05, 4.69) is 0 Å². The number of hydrogen-bond donors (Lipinski definition) is 0. The van der Waals surface area contributed by atoms with Gasteiger partial charge < -0.3 is 4.42 Å². The van der Waals surface area contributed by atoms with Crippen LogP contribution in [0.3, 0.4) is 0 Å². The molecule has 7 heteroatoms. The third kappa shape index (κ3) is 3.28. The number of furan rings is 1. The second-order valence-electron chi connectivity index (χ2n) is 4.62. The van der Waals surface area contributed by atoms with Gasteiger partial charge in [-0.2, -0.15) is 4.31 Å². The second-order valence-corrected chi connectivity index (χ2v) is 6.90. The lowest BCUT2D eigenvalue weighted by Crippen LogP contribution is -2.27. The molecule has 0 unspecified atom stereocenters. The number of alkyl halides is 1. The minimum atomic E-state index is -3.76. The standard InChI is InChI=1S/C14H15ClFNO3S/c1-10-14(7-12(8-15)20-10)21(18,19)17(2)9-11-5-3-4-6-13(11)16/h3-7H,8-9H2,1-2H3. The van der Waals surface area contributed by atoms with E-state index < -0.39 is 15.8 Å². The van der Waals surface area contributed by atoms with Crippen LogP contribution in [0.5, 0.6) is 0 Å². The predicted molar refractivity (Wildman–Crippen MR) is 78.1 cm³/mol. The fourth-order valence-electron chi connectivity index (χ4n) is 1.97. The summed E-state index contributed by atoms with van der Waals surface area (Å²) >= 11 is 5.64. The second kappa shape index (κ2) is 6.17. The number of benzene rings is 1. The number of halogens is 2. The molecule has 1 aromatic carbocycles. The highest BCUT2D eigenvalue weighted by molar-refractivity contribution is 7.89. The van der Waals surface area contributed by atoms with Crippen molar-refractivity contribution in [1.82, 2.24) is 4.31 Å². The average Bonchev–Trinajstić information content (AvgIpc) is 2.83. The molecule has 2 aromatic rings. The van der Waals surface area contributed by atoms with Crippen LogP contribution in [-0.2, 0) is 22.4 Å². The van der Waals surface area contributed by atoms with Crippen LogP contribution in [0.4, 0.5) is 4.39 Å². The van der Waals surface area contributed by atoms with E-state index >= 15 is 0 Å². The molecule has 2 rings (SSSR count). The molecule has 0 bridgehead atoms. The van der Waals surface area contributed by atoms with Crippen LogP contribution in [0.15, 0.2) is 39.6 Å². The average molecular weight is 332 g/mol. The molecule has 0 spiro atoms. The molecule has 114 valence electrons. The lowest BCUT2D eigenvalue weighted by Gasteiger charge is -2.17. The molecular formula is C14H15ClFNO3S. The Balaban J connectivity index is 2.30. The van der Waals surface area contributed by atoms with Crippen LogP contribution in [0, 0.1) is 12.7 Å². The van der Waals surface area contributed by atoms with Crippen LogP contribution < -0.4 is 0 Å². The molecule has 0 fully saturated rings. The summed E-state index contributed by atoms with van der Waals surface area (Å²) in [5.74, 6) is 0.302. The molecule has 0 aliphatic carbocycles. The van der Waals surface area contributed by atoms with Gasteiger partial charge in [-0.05, 0) is 13.0 Å². The normalized spacial score (nSPS) is 12.0. The predicted octanol–water partition coefficient (Wildman–Crippen LogP) is 3.29. The highest BCUT2D eigenvalue weighted by Gasteiger charge is 2.26. The van der Waals surface area contributed by atoms with E-state index in [1.165, 1.54) is 19.2 Å². The molecule has 4 nitrogen and oxygen atoms in total. The molecular weight excluding hydrogens is 317 g/mol. The van der Waals surface area contributed by atoms with Gasteiger partial charge in [0.25, 0.3) is 0 Å². The molecule has 0 saturated carbocycles. The molecule has 0 aliphatic rings. The summed E-state index contributed by atoms with van der Waals surface area (Å²) in [6, 6.07) is 7.46. The number of aryl methyl sites for hydroxylation is 1. The first-order chi connectivity index (χ1) is 9.86. The summed E-state index contributed by atoms with van der Waals surface area (Å²) in [4.78, 5) is 0.0528. The molecule has 0 N–H and O–H groups in total. The number of sulfonamides is 1. The van der Waals surface area contributed by atoms with Crippen molar-refractivity contribution in [1.29, 1.82) is 0 Å². The summed E-state index contributed by atoms with van der Waals surface area (Å²) in [5.41, 5.74) is 0.308. The first kappa shape index (κ1) is 16.0. The molecule has 0 atom stereocenters. The van der Waals surface area contributed by atoms with Crippen molar-refractivity contribution in [2.24, 2.45) is 0 Å². The Kier molecular flexibility index (Phi) is 4.70. The Morgan fingerprint density at radius 2 is 2.00 bits per heavy atom. The highest BCUT2D eigenvalue weighted by atomic mass is 35.5. The first-order valence-corrected chi connectivity index (χ1v) is 8.18. The molecule has 0 radical (unpaired) electrons. The topological polar surface area (TPSA) is 50.5 Å². The third-order valence-corrected chi connectivity index (χ3v) is 5.27. The summed E-state index contributed by atoms with van der Waals surface area (Å²) in [6.07, 6.45) is 0. The minimum Gasteiger partial charge on any atom is -0.464 e. The van der Waals surface area contributed by atoms with Crippen LogP contribution >= 0.6 is 11.6 Å². The summed E-state index contributed by atoms with van der Waals surface area (Å²) in [6.45, 7) is 1.50. The van der Waals surface area contributed by atoms with Gasteiger partial charge in [0.05, 0.1) is 5.88 Å². The summed E-state index contributed by atoms with van der Waals surface area (Å²) in [7, 11) is -2.36. The van der Waals surface area contributed by atoms with Crippen molar-refractivity contribution in [3.05, 3.63) is 53.2 Å². The van der Waals surface area contributed by atoms with Crippen molar-refractivity contribution in [3.8, 4) is 0 Å². The Hall–Kier alpha value is -1.37. The van der Waals surface area contributed by atoms with Gasteiger partial charge in [0, 0.05) is 25.2 Å². The molecule has 21 heavy (non-hydrogen) atoms. The third-order valence-electron chi connectivity index (χ3n) is 3.09. The van der Waals surface area contributed by atoms with Crippen molar-refractivity contribution >= 4 is 21.6 Å². The van der Waals surface area contributed by atoms with E-state index in [4.69, 9.17) is 16.0 Å². The molecule has 1 aromatic heterocycles. The first-order valence-electron chi connectivity index (χ1n) is 6.21. The van der Waals surface area contributed by atoms with E-state index in [0.717, 1.165) is 4.31 Å². The maximum atomic E-state index is 13.6. The van der Waals surface area contributed by atoms with E-state index in [1.807, 2.05) is 0 Å². The van der Waals surface area contributed by atoms with Gasteiger partial charge in [-0.1, -0.05) is 18.2 Å². The van der Waals surface area contributed by atoms with Gasteiger partial charge in [0.15, 0.2) is 0 Å². The Morgan fingerprint density at radius 3 is 2.57 bits per heavy atom. The fourth-order valence-corrected chi connectivity index (χ4v) is 3.43. The molecule has 0 amide bonds. The Morgan fingerprint density at radius 1 is 1.33 bits per heavy atom. The van der Waals surface area contributed by atoms with Crippen LogP contribution in [0.2, 0.25) is 0 Å². The van der Waals surface area contributed by atoms with E-state index in [0.29, 0.717) is 11.3 Å². The SMILES string of the molecule is Cc1oc(CCl)cc1S(=O)(=O)N(C)Cc1ccccc1F. The van der Waals surface area contributed by atoms with E-state index in [-0.39, 0.29) is 23.1 Å². The van der Waals surface area contributed by atoms with Crippen molar-refractivity contribution in [3.63, 3.8) is 0 Å². The lowest BCUT2D eigenvalue weighted by molar-refractivity contribution is 0.451. The monoisotopic (exact) mass is 331 g/mol. The maximum Gasteiger partial charge on any atom is 0.246 e. The van der Waals surface area contributed by atoms with Crippen molar-refractivity contribution in [2.45, 2.75) is 24.2 Å². The number of nitrogens with zero attached hydrogens (tertiary/aromatic N) is 1. The zero-order valence-corrected chi connectivity index (χ0v) is 13.2. The maximum absolute atomic E-state index is 13.6. The van der Waals surface area contributed by atoms with Gasteiger partial charge in [-0.3, -0.25) is 0 Å². The zero-order valence-electron chi connectivity index (χ0n) is 11.6. The molecule has 0 aliphatic heterocycles. The minimum absolute atomic E-state index is 0.0528. The highest BCUT2D eigenvalue weighted by Crippen LogP contribution is 2.25. The van der Waals surface area contributed by atoms with Crippen LogP contribution in [0.1, 0.15) is 17.1 Å². The number of hydrogen-bond acceptors (Lipinski definition) is 3. The van der Waals surface area contributed by atoms with E-state index in [9.17, 15) is 12.8 Å². The van der Waals surface area contributed by atoms with Crippen LogP contribution in [0.25, 0.3) is 0 Å². The molecule has 0 saturated heterocycles. The summed E-state index contributed by atoms with van der Waals surface area (Å²) < 4.78 is 45.0. The number of rotatable bonds is 5.